The highest BCUT2D eigenvalue weighted by Crippen LogP contribution is 2.33. The molecule has 1 saturated heterocycles. The zero-order valence-electron chi connectivity index (χ0n) is 17.2. The van der Waals surface area contributed by atoms with Crippen LogP contribution in [-0.4, -0.2) is 47.1 Å². The molecule has 2 aliphatic rings. The number of ether oxygens (including phenoxy) is 2. The van der Waals surface area contributed by atoms with E-state index < -0.39 is 0 Å². The van der Waals surface area contributed by atoms with Gasteiger partial charge in [0, 0.05) is 17.9 Å². The maximum Gasteiger partial charge on any atom is 0.243 e. The number of aromatic nitrogens is 2. The van der Waals surface area contributed by atoms with Gasteiger partial charge >= 0.3 is 0 Å². The topological polar surface area (TPSA) is 77.7 Å². The van der Waals surface area contributed by atoms with Crippen LogP contribution >= 0.6 is 0 Å². The summed E-state index contributed by atoms with van der Waals surface area (Å²) in [5.74, 6) is 3.07. The molecule has 1 atom stereocenters. The van der Waals surface area contributed by atoms with E-state index in [4.69, 9.17) is 14.0 Å². The average molecular weight is 399 g/mol. The van der Waals surface area contributed by atoms with Crippen molar-refractivity contribution in [1.82, 2.24) is 15.0 Å². The van der Waals surface area contributed by atoms with Gasteiger partial charge in [0.1, 0.15) is 13.2 Å². The van der Waals surface area contributed by atoms with Crippen LogP contribution in [0.1, 0.15) is 67.6 Å². The largest absolute Gasteiger partial charge is 0.486 e. The number of piperidine rings is 1. The van der Waals surface area contributed by atoms with Gasteiger partial charge in [0.25, 0.3) is 0 Å². The Balaban J connectivity index is 1.34. The first-order valence-electron chi connectivity index (χ1n) is 10.7. The fraction of sp³-hybridized carbons (Fsp3) is 0.591. The third-order valence-corrected chi connectivity index (χ3v) is 5.87. The van der Waals surface area contributed by atoms with Crippen molar-refractivity contribution in [2.24, 2.45) is 5.92 Å². The number of ketones is 1. The molecule has 156 valence electrons. The number of aryl methyl sites for hydroxylation is 1. The molecule has 2 aromatic rings. The fourth-order valence-electron chi connectivity index (χ4n) is 4.01. The molecule has 0 bridgehead atoms. The van der Waals surface area contributed by atoms with E-state index in [9.17, 15) is 4.79 Å². The van der Waals surface area contributed by atoms with Crippen molar-refractivity contribution in [3.05, 3.63) is 35.5 Å². The Morgan fingerprint density at radius 3 is 2.72 bits per heavy atom. The van der Waals surface area contributed by atoms with E-state index in [1.165, 1.54) is 0 Å². The van der Waals surface area contributed by atoms with Crippen LogP contribution in [0, 0.1) is 5.92 Å². The van der Waals surface area contributed by atoms with Gasteiger partial charge in [-0.2, -0.15) is 4.98 Å². The third kappa shape index (κ3) is 4.45. The number of benzene rings is 1. The maximum atomic E-state index is 13.0. The summed E-state index contributed by atoms with van der Waals surface area (Å²) in [4.78, 5) is 19.9. The van der Waals surface area contributed by atoms with Crippen LogP contribution in [0.15, 0.2) is 22.7 Å². The number of fused-ring (bicyclic) bond motifs is 1. The number of unbranched alkanes of at least 4 members (excludes halogenated alkanes) is 1. The fourth-order valence-corrected chi connectivity index (χ4v) is 4.01. The van der Waals surface area contributed by atoms with Gasteiger partial charge in [-0.1, -0.05) is 18.5 Å². The highest BCUT2D eigenvalue weighted by Gasteiger charge is 2.30. The average Bonchev–Trinajstić information content (AvgIpc) is 3.25. The van der Waals surface area contributed by atoms with E-state index in [2.05, 4.69) is 28.9 Å². The van der Waals surface area contributed by atoms with Gasteiger partial charge in [0.2, 0.25) is 5.89 Å². The molecule has 29 heavy (non-hydrogen) atoms. The van der Waals surface area contributed by atoms with Crippen molar-refractivity contribution >= 4 is 5.78 Å². The summed E-state index contributed by atoms with van der Waals surface area (Å²) in [7, 11) is 0. The highest BCUT2D eigenvalue weighted by atomic mass is 16.6. The normalized spacial score (nSPS) is 18.6. The molecule has 0 spiro atoms. The van der Waals surface area contributed by atoms with Gasteiger partial charge in [0.15, 0.2) is 23.1 Å². The summed E-state index contributed by atoms with van der Waals surface area (Å²) < 4.78 is 16.6. The Hall–Kier alpha value is -2.41. The summed E-state index contributed by atoms with van der Waals surface area (Å²) in [6, 6.07) is 5.58. The minimum absolute atomic E-state index is 0.0313. The summed E-state index contributed by atoms with van der Waals surface area (Å²) in [5.41, 5.74) is 0.707. The summed E-state index contributed by atoms with van der Waals surface area (Å²) in [5, 5.41) is 4.10. The lowest BCUT2D eigenvalue weighted by atomic mass is 9.88. The second-order valence-electron chi connectivity index (χ2n) is 7.86. The molecule has 0 amide bonds. The molecule has 1 fully saturated rings. The third-order valence-electron chi connectivity index (χ3n) is 5.87. The Kier molecular flexibility index (Phi) is 6.13. The predicted octanol–water partition coefficient (Wildman–Crippen LogP) is 3.84. The number of likely N-dealkylation sites (tertiary alicyclic amines) is 1. The first-order chi connectivity index (χ1) is 14.2. The Morgan fingerprint density at radius 2 is 1.97 bits per heavy atom. The Morgan fingerprint density at radius 1 is 1.21 bits per heavy atom. The standard InChI is InChI=1S/C22H29N3O4/c1-3-4-5-20-23-22(29-24-20)15(2)25-10-8-16(9-11-25)21(26)17-6-7-18-19(14-17)28-13-12-27-18/h6-7,14-16H,3-5,8-13H2,1-2H3. The molecular weight excluding hydrogens is 370 g/mol. The molecule has 7 nitrogen and oxygen atoms in total. The first kappa shape index (κ1) is 19.9. The van der Waals surface area contributed by atoms with Crippen molar-refractivity contribution in [2.45, 2.75) is 52.0 Å². The van der Waals surface area contributed by atoms with Crippen molar-refractivity contribution in [2.75, 3.05) is 26.3 Å². The van der Waals surface area contributed by atoms with Crippen LogP contribution in [0.25, 0.3) is 0 Å². The monoisotopic (exact) mass is 399 g/mol. The lowest BCUT2D eigenvalue weighted by Crippen LogP contribution is -2.38. The van der Waals surface area contributed by atoms with E-state index in [-0.39, 0.29) is 17.7 Å². The van der Waals surface area contributed by atoms with E-state index in [1.54, 1.807) is 0 Å². The van der Waals surface area contributed by atoms with E-state index >= 15 is 0 Å². The lowest BCUT2D eigenvalue weighted by molar-refractivity contribution is 0.0773. The highest BCUT2D eigenvalue weighted by molar-refractivity contribution is 5.98. The van der Waals surface area contributed by atoms with Gasteiger partial charge in [-0.3, -0.25) is 9.69 Å². The van der Waals surface area contributed by atoms with Crippen molar-refractivity contribution < 1.29 is 18.8 Å². The molecule has 4 rings (SSSR count). The molecule has 0 N–H and O–H groups in total. The summed E-state index contributed by atoms with van der Waals surface area (Å²) in [6.07, 6.45) is 4.70. The Bertz CT molecular complexity index is 842. The minimum Gasteiger partial charge on any atom is -0.486 e. The van der Waals surface area contributed by atoms with Crippen LogP contribution in [0.3, 0.4) is 0 Å². The number of Topliss-reactive ketones (excluding diaryl/α,β-unsaturated/α-hetero) is 1. The summed E-state index contributed by atoms with van der Waals surface area (Å²) >= 11 is 0. The summed E-state index contributed by atoms with van der Waals surface area (Å²) in [6.45, 7) is 7.01. The molecule has 1 aromatic heterocycles. The van der Waals surface area contributed by atoms with Crippen LogP contribution in [0.5, 0.6) is 11.5 Å². The second-order valence-corrected chi connectivity index (χ2v) is 7.86. The number of rotatable bonds is 7. The Labute approximate surface area is 171 Å². The van der Waals surface area contributed by atoms with Crippen molar-refractivity contribution in [3.8, 4) is 11.5 Å². The molecule has 1 unspecified atom stereocenters. The number of hydrogen-bond donors (Lipinski definition) is 0. The van der Waals surface area contributed by atoms with Crippen LogP contribution in [-0.2, 0) is 6.42 Å². The van der Waals surface area contributed by atoms with Crippen molar-refractivity contribution in [3.63, 3.8) is 0 Å². The smallest absolute Gasteiger partial charge is 0.243 e. The molecule has 1 aromatic carbocycles. The molecule has 0 aliphatic carbocycles. The maximum absolute atomic E-state index is 13.0. The van der Waals surface area contributed by atoms with Crippen LogP contribution in [0.4, 0.5) is 0 Å². The minimum atomic E-state index is 0.0313. The van der Waals surface area contributed by atoms with Gasteiger partial charge in [-0.25, -0.2) is 0 Å². The first-order valence-corrected chi connectivity index (χ1v) is 10.7. The SMILES string of the molecule is CCCCc1noc(C(C)N2CCC(C(=O)c3ccc4c(c3)OCCO4)CC2)n1. The van der Waals surface area contributed by atoms with E-state index in [1.807, 2.05) is 18.2 Å². The second kappa shape index (κ2) is 8.95. The zero-order valence-corrected chi connectivity index (χ0v) is 17.2. The number of nitrogens with zero attached hydrogens (tertiary/aromatic N) is 3. The van der Waals surface area contributed by atoms with Crippen LogP contribution in [0.2, 0.25) is 0 Å². The molecule has 0 saturated carbocycles. The van der Waals surface area contributed by atoms with E-state index in [0.717, 1.165) is 51.0 Å². The van der Waals surface area contributed by atoms with Crippen molar-refractivity contribution in [1.29, 1.82) is 0 Å². The lowest BCUT2D eigenvalue weighted by Gasteiger charge is -2.34. The molecular formula is C22H29N3O4. The number of carbonyl (C=O) groups excluding carboxylic acids is 1. The predicted molar refractivity (Wildman–Crippen MR) is 107 cm³/mol. The van der Waals surface area contributed by atoms with Gasteiger partial charge in [0.05, 0.1) is 6.04 Å². The van der Waals surface area contributed by atoms with E-state index in [0.29, 0.717) is 36.2 Å². The van der Waals surface area contributed by atoms with Gasteiger partial charge in [-0.15, -0.1) is 0 Å². The molecule has 2 aliphatic heterocycles. The molecule has 3 heterocycles. The zero-order chi connectivity index (χ0) is 20.2. The number of hydrogen-bond acceptors (Lipinski definition) is 7. The van der Waals surface area contributed by atoms with Gasteiger partial charge < -0.3 is 14.0 Å². The molecule has 7 heteroatoms. The molecule has 0 radical (unpaired) electrons. The van der Waals surface area contributed by atoms with Crippen LogP contribution < -0.4 is 9.47 Å². The quantitative estimate of drug-likeness (QED) is 0.655. The number of carbonyl (C=O) groups is 1. The van der Waals surface area contributed by atoms with Gasteiger partial charge in [-0.05, 0) is 57.5 Å².